The SMILES string of the molecule is C=CCC[C@@H](C(=O)N1CCN(S(=O)(=O)N(C)C)CC1)S(=O)(=O)N(Cc1ccc(OC)cc1)Cc1ccc(OC)cc1.C=CCC[C@H](C(=O)N1CCN(S(=O)(=O)N(C)C)CC1)S(=O)(=O)N(Cc1ccc(OC)cc1)Cc1ccc(OC)cc1. The van der Waals surface area contributed by atoms with E-state index in [1.54, 1.807) is 138 Å². The number of rotatable bonds is 28. The molecule has 22 nitrogen and oxygen atoms in total. The standard InChI is InChI=1S/2C28H40N4O7S2/c2*1-6-7-8-27(28(33)30-17-19-31(20-18-30)41(36,37)29(2)3)40(34,35)32(21-23-9-13-25(38-4)14-10-23)22-24-11-15-26(39-5)16-12-24/h2*6,9-16,27H,1,7-8,17-22H2,2-5H3/t2*27-/m10/s1. The van der Waals surface area contributed by atoms with E-state index in [0.29, 0.717) is 35.8 Å². The molecule has 0 spiro atoms. The minimum absolute atomic E-state index is 0.0467. The lowest BCUT2D eigenvalue weighted by Gasteiger charge is -2.37. The highest BCUT2D eigenvalue weighted by Gasteiger charge is 2.43. The van der Waals surface area contributed by atoms with Gasteiger partial charge in [0.2, 0.25) is 31.9 Å². The first-order valence-electron chi connectivity index (χ1n) is 26.5. The Morgan fingerprint density at radius 1 is 0.439 bits per heavy atom. The Labute approximate surface area is 486 Å². The number of sulfonamides is 2. The van der Waals surface area contributed by atoms with Gasteiger partial charge < -0.3 is 28.7 Å². The van der Waals surface area contributed by atoms with Crippen molar-refractivity contribution in [2.45, 2.75) is 62.4 Å². The van der Waals surface area contributed by atoms with Gasteiger partial charge in [-0.2, -0.15) is 42.7 Å². The molecular formula is C56H80N8O14S4. The number of amides is 2. The summed E-state index contributed by atoms with van der Waals surface area (Å²) in [6, 6.07) is 28.4. The Morgan fingerprint density at radius 2 is 0.671 bits per heavy atom. The van der Waals surface area contributed by atoms with Gasteiger partial charge >= 0.3 is 0 Å². The van der Waals surface area contributed by atoms with Gasteiger partial charge in [-0.15, -0.1) is 13.2 Å². The predicted molar refractivity (Wildman–Crippen MR) is 316 cm³/mol. The number of nitrogens with zero attached hydrogens (tertiary/aromatic N) is 8. The number of piperazine rings is 2. The minimum Gasteiger partial charge on any atom is -0.497 e. The Hall–Kier alpha value is -5.94. The molecule has 4 aromatic carbocycles. The van der Waals surface area contributed by atoms with Gasteiger partial charge in [-0.1, -0.05) is 60.7 Å². The van der Waals surface area contributed by atoms with Crippen LogP contribution in [0.1, 0.15) is 47.9 Å². The van der Waals surface area contributed by atoms with Crippen molar-refractivity contribution >= 4 is 52.3 Å². The summed E-state index contributed by atoms with van der Waals surface area (Å²) in [4.78, 5) is 30.5. The van der Waals surface area contributed by atoms with Crippen molar-refractivity contribution in [3.63, 3.8) is 0 Å². The highest BCUT2D eigenvalue weighted by Crippen LogP contribution is 2.28. The first-order chi connectivity index (χ1) is 38.9. The summed E-state index contributed by atoms with van der Waals surface area (Å²) in [6.07, 6.45) is 3.95. The Kier molecular flexibility index (Phi) is 24.9. The molecule has 2 amide bonds. The second-order valence-corrected chi connectivity index (χ2v) is 28.3. The van der Waals surface area contributed by atoms with Gasteiger partial charge in [0, 0.05) is 107 Å². The smallest absolute Gasteiger partial charge is 0.281 e. The average Bonchev–Trinajstić information content (AvgIpc) is 3.53. The van der Waals surface area contributed by atoms with Gasteiger partial charge in [-0.3, -0.25) is 9.59 Å². The number of ether oxygens (including phenoxy) is 4. The molecule has 2 saturated heterocycles. The molecule has 2 aliphatic heterocycles. The second kappa shape index (κ2) is 30.6. The number of carbonyl (C=O) groups is 2. The van der Waals surface area contributed by atoms with Crippen molar-refractivity contribution in [1.29, 1.82) is 0 Å². The molecule has 0 N–H and O–H groups in total. The first-order valence-corrected chi connectivity index (χ1v) is 32.3. The third-order valence-electron chi connectivity index (χ3n) is 14.0. The number of allylic oxidation sites excluding steroid dienone is 2. The van der Waals surface area contributed by atoms with Gasteiger partial charge in [0.1, 0.15) is 23.0 Å². The van der Waals surface area contributed by atoms with Gasteiger partial charge in [0.05, 0.1) is 28.4 Å². The van der Waals surface area contributed by atoms with Gasteiger partial charge in [-0.05, 0) is 96.5 Å². The van der Waals surface area contributed by atoms with Crippen LogP contribution in [0.5, 0.6) is 23.0 Å². The van der Waals surface area contributed by atoms with Crippen LogP contribution in [0.4, 0.5) is 0 Å². The van der Waals surface area contributed by atoms with E-state index in [4.69, 9.17) is 18.9 Å². The van der Waals surface area contributed by atoms with Gasteiger partial charge in [-0.25, -0.2) is 16.8 Å². The highest BCUT2D eigenvalue weighted by molar-refractivity contribution is 7.90. The molecule has 2 fully saturated rings. The number of hydrogen-bond acceptors (Lipinski definition) is 14. The van der Waals surface area contributed by atoms with Crippen molar-refractivity contribution in [1.82, 2.24) is 35.6 Å². The molecule has 26 heteroatoms. The fourth-order valence-corrected chi connectivity index (χ4v) is 14.9. The molecule has 2 heterocycles. The zero-order valence-electron chi connectivity index (χ0n) is 48.2. The van der Waals surface area contributed by atoms with E-state index >= 15 is 0 Å². The Morgan fingerprint density at radius 3 is 0.866 bits per heavy atom. The molecular weight excluding hydrogens is 1140 g/mol. The largest absolute Gasteiger partial charge is 0.497 e. The van der Waals surface area contributed by atoms with Crippen molar-refractivity contribution < 1.29 is 62.2 Å². The van der Waals surface area contributed by atoms with Crippen LogP contribution in [0.25, 0.3) is 0 Å². The molecule has 4 aromatic rings. The minimum atomic E-state index is -4.18. The molecule has 0 aromatic heterocycles. The molecule has 2 atom stereocenters. The van der Waals surface area contributed by atoms with Crippen LogP contribution in [0.2, 0.25) is 0 Å². The van der Waals surface area contributed by atoms with Crippen LogP contribution in [-0.4, -0.2) is 201 Å². The van der Waals surface area contributed by atoms with Crippen molar-refractivity contribution in [3.8, 4) is 23.0 Å². The van der Waals surface area contributed by atoms with Crippen molar-refractivity contribution in [2.24, 2.45) is 0 Å². The lowest BCUT2D eigenvalue weighted by Crippen LogP contribution is -2.56. The lowest BCUT2D eigenvalue weighted by atomic mass is 10.2. The molecule has 0 bridgehead atoms. The number of carbonyl (C=O) groups excluding carboxylic acids is 2. The third-order valence-corrected chi connectivity index (χ3v) is 22.2. The molecule has 6 rings (SSSR count). The number of benzene rings is 4. The van der Waals surface area contributed by atoms with Crippen LogP contribution < -0.4 is 18.9 Å². The van der Waals surface area contributed by atoms with Crippen LogP contribution in [0.3, 0.4) is 0 Å². The fraction of sp³-hybridized carbons (Fsp3) is 0.464. The van der Waals surface area contributed by atoms with E-state index in [-0.39, 0.29) is 91.4 Å². The molecule has 0 radical (unpaired) electrons. The van der Waals surface area contributed by atoms with Gasteiger partial charge in [0.15, 0.2) is 10.5 Å². The zero-order chi connectivity index (χ0) is 60.4. The van der Waals surface area contributed by atoms with Crippen LogP contribution >= 0.6 is 0 Å². The molecule has 0 unspecified atom stereocenters. The summed E-state index contributed by atoms with van der Waals surface area (Å²) in [7, 11) is -3.59. The van der Waals surface area contributed by atoms with E-state index < -0.39 is 62.8 Å². The van der Waals surface area contributed by atoms with Crippen LogP contribution in [0, 0.1) is 0 Å². The third kappa shape index (κ3) is 17.6. The van der Waals surface area contributed by atoms with Crippen molar-refractivity contribution in [3.05, 3.63) is 145 Å². The Bertz CT molecular complexity index is 2860. The maximum absolute atomic E-state index is 14.3. The zero-order valence-corrected chi connectivity index (χ0v) is 51.5. The summed E-state index contributed by atoms with van der Waals surface area (Å²) in [5, 5.41) is -2.71. The van der Waals surface area contributed by atoms with Crippen LogP contribution in [-0.2, 0) is 76.2 Å². The fourth-order valence-electron chi connectivity index (χ4n) is 9.06. The Balaban J connectivity index is 0.000000301. The monoisotopic (exact) mass is 1220 g/mol. The molecule has 0 aliphatic carbocycles. The van der Waals surface area contributed by atoms with Gasteiger partial charge in [0.25, 0.3) is 20.4 Å². The molecule has 2 aliphatic rings. The normalized spacial score (nSPS) is 15.6. The van der Waals surface area contributed by atoms with Crippen LogP contribution in [0.15, 0.2) is 122 Å². The summed E-state index contributed by atoms with van der Waals surface area (Å²) < 4.78 is 136. The quantitative estimate of drug-likeness (QED) is 0.0706. The first kappa shape index (κ1) is 66.9. The van der Waals surface area contributed by atoms with E-state index in [9.17, 15) is 43.3 Å². The topological polar surface area (TPSA) is 234 Å². The molecule has 452 valence electrons. The molecule has 0 saturated carbocycles. The maximum Gasteiger partial charge on any atom is 0.281 e. The predicted octanol–water partition coefficient (Wildman–Crippen LogP) is 4.64. The molecule has 82 heavy (non-hydrogen) atoms. The summed E-state index contributed by atoms with van der Waals surface area (Å²) in [5.41, 5.74) is 2.95. The number of hydrogen-bond donors (Lipinski definition) is 0. The van der Waals surface area contributed by atoms with E-state index in [0.717, 1.165) is 30.9 Å². The summed E-state index contributed by atoms with van der Waals surface area (Å²) >= 11 is 0. The maximum atomic E-state index is 14.3. The highest BCUT2D eigenvalue weighted by atomic mass is 32.2. The second-order valence-electron chi connectivity index (χ2n) is 19.8. The summed E-state index contributed by atoms with van der Waals surface area (Å²) in [6.45, 7) is 8.36. The van der Waals surface area contributed by atoms with Crippen molar-refractivity contribution in [2.75, 3.05) is 109 Å². The lowest BCUT2D eigenvalue weighted by molar-refractivity contribution is -0.132. The average molecular weight is 1220 g/mol. The van der Waals surface area contributed by atoms with E-state index in [2.05, 4.69) is 13.2 Å². The van der Waals surface area contributed by atoms with E-state index in [1.807, 2.05) is 0 Å². The number of methoxy groups -OCH3 is 4. The summed E-state index contributed by atoms with van der Waals surface area (Å²) in [5.74, 6) is 1.51. The van der Waals surface area contributed by atoms with E-state index in [1.165, 1.54) is 55.2 Å².